The van der Waals surface area contributed by atoms with Crippen LogP contribution in [0.4, 0.5) is 0 Å². The largest absolute Gasteiger partial charge is 0.388 e. The zero-order valence-corrected chi connectivity index (χ0v) is 16.0. The van der Waals surface area contributed by atoms with Gasteiger partial charge in [-0.05, 0) is 79.8 Å². The Labute approximate surface area is 161 Å². The molecule has 1 heterocycles. The zero-order chi connectivity index (χ0) is 17.9. The summed E-state index contributed by atoms with van der Waals surface area (Å²) in [5.74, 6) is 1.16. The lowest BCUT2D eigenvalue weighted by molar-refractivity contribution is 0.117. The van der Waals surface area contributed by atoms with Gasteiger partial charge in [0.25, 0.3) is 0 Å². The number of hydrogen-bond donors (Lipinski definition) is 1. The molecule has 2 nitrogen and oxygen atoms in total. The summed E-state index contributed by atoms with van der Waals surface area (Å²) in [5.41, 5.74) is 3.79. The molecule has 138 valence electrons. The molecule has 2 aromatic rings. The number of benzene rings is 2. The maximum Gasteiger partial charge on any atom is 0.0795 e. The number of aliphatic hydroxyl groups is 1. The summed E-state index contributed by atoms with van der Waals surface area (Å²) in [7, 11) is 0. The van der Waals surface area contributed by atoms with Gasteiger partial charge >= 0.3 is 0 Å². The number of halogens is 1. The van der Waals surface area contributed by atoms with E-state index in [-0.39, 0.29) is 6.10 Å². The predicted octanol–water partition coefficient (Wildman–Crippen LogP) is 5.21. The summed E-state index contributed by atoms with van der Waals surface area (Å²) in [4.78, 5) is 2.60. The SMILES string of the molecule is OC1CC(CN2CCC(c3ccccc3Cl)CC2)CCc2ccccc21. The Morgan fingerprint density at radius 2 is 1.62 bits per heavy atom. The monoisotopic (exact) mass is 369 g/mol. The Bertz CT molecular complexity index is 738. The maximum atomic E-state index is 10.6. The Kier molecular flexibility index (Phi) is 5.63. The molecule has 0 aromatic heterocycles. The van der Waals surface area contributed by atoms with Gasteiger partial charge < -0.3 is 10.0 Å². The third-order valence-corrected chi connectivity index (χ3v) is 6.59. The zero-order valence-electron chi connectivity index (χ0n) is 15.3. The molecule has 1 aliphatic heterocycles. The van der Waals surface area contributed by atoms with E-state index in [9.17, 15) is 5.11 Å². The van der Waals surface area contributed by atoms with Crippen LogP contribution < -0.4 is 0 Å². The molecule has 0 bridgehead atoms. The number of aryl methyl sites for hydroxylation is 1. The van der Waals surface area contributed by atoms with Crippen LogP contribution in [0.15, 0.2) is 48.5 Å². The van der Waals surface area contributed by atoms with Crippen molar-refractivity contribution in [3.8, 4) is 0 Å². The van der Waals surface area contributed by atoms with E-state index < -0.39 is 0 Å². The molecule has 3 heteroatoms. The van der Waals surface area contributed by atoms with Crippen LogP contribution in [0.5, 0.6) is 0 Å². The summed E-state index contributed by atoms with van der Waals surface area (Å²) in [6.45, 7) is 3.38. The first-order valence-electron chi connectivity index (χ1n) is 9.93. The minimum absolute atomic E-state index is 0.306. The summed E-state index contributed by atoms with van der Waals surface area (Å²) in [5, 5.41) is 11.5. The van der Waals surface area contributed by atoms with Crippen LogP contribution in [0.1, 0.15) is 54.4 Å². The van der Waals surface area contributed by atoms with Crippen molar-refractivity contribution in [1.29, 1.82) is 0 Å². The van der Waals surface area contributed by atoms with Crippen LogP contribution in [-0.4, -0.2) is 29.6 Å². The molecule has 0 amide bonds. The second-order valence-corrected chi connectivity index (χ2v) is 8.36. The van der Waals surface area contributed by atoms with Crippen LogP contribution in [0.2, 0.25) is 5.02 Å². The highest BCUT2D eigenvalue weighted by molar-refractivity contribution is 6.31. The van der Waals surface area contributed by atoms with Crippen molar-refractivity contribution < 1.29 is 5.11 Å². The lowest BCUT2D eigenvalue weighted by atomic mass is 9.88. The highest BCUT2D eigenvalue weighted by Gasteiger charge is 2.27. The van der Waals surface area contributed by atoms with Crippen molar-refractivity contribution in [3.63, 3.8) is 0 Å². The maximum absolute atomic E-state index is 10.6. The molecule has 4 rings (SSSR count). The molecule has 0 spiro atoms. The van der Waals surface area contributed by atoms with Gasteiger partial charge in [0.1, 0.15) is 0 Å². The smallest absolute Gasteiger partial charge is 0.0795 e. The summed E-state index contributed by atoms with van der Waals surface area (Å²) in [6.07, 6.45) is 5.21. The van der Waals surface area contributed by atoms with E-state index in [2.05, 4.69) is 35.2 Å². The van der Waals surface area contributed by atoms with Gasteiger partial charge in [0.15, 0.2) is 0 Å². The van der Waals surface area contributed by atoms with E-state index in [1.165, 1.54) is 30.4 Å². The normalized spacial score (nSPS) is 24.8. The topological polar surface area (TPSA) is 23.5 Å². The van der Waals surface area contributed by atoms with Crippen molar-refractivity contribution in [2.24, 2.45) is 5.92 Å². The molecule has 2 atom stereocenters. The molecular weight excluding hydrogens is 342 g/mol. The summed E-state index contributed by atoms with van der Waals surface area (Å²) < 4.78 is 0. The fraction of sp³-hybridized carbons (Fsp3) is 0.478. The Morgan fingerprint density at radius 1 is 0.923 bits per heavy atom. The van der Waals surface area contributed by atoms with Gasteiger partial charge in [-0.2, -0.15) is 0 Å². The fourth-order valence-electron chi connectivity index (χ4n) is 4.77. The highest BCUT2D eigenvalue weighted by Crippen LogP contribution is 2.35. The van der Waals surface area contributed by atoms with E-state index in [4.69, 9.17) is 11.6 Å². The van der Waals surface area contributed by atoms with Gasteiger partial charge in [0.2, 0.25) is 0 Å². The predicted molar refractivity (Wildman–Crippen MR) is 108 cm³/mol. The molecule has 1 fully saturated rings. The first-order valence-corrected chi connectivity index (χ1v) is 10.3. The van der Waals surface area contributed by atoms with Crippen LogP contribution in [0.25, 0.3) is 0 Å². The third-order valence-electron chi connectivity index (χ3n) is 6.24. The average Bonchev–Trinajstić information content (AvgIpc) is 2.82. The molecule has 1 N–H and O–H groups in total. The van der Waals surface area contributed by atoms with Crippen molar-refractivity contribution in [2.75, 3.05) is 19.6 Å². The summed E-state index contributed by atoms with van der Waals surface area (Å²) in [6, 6.07) is 16.7. The van der Waals surface area contributed by atoms with Crippen LogP contribution in [-0.2, 0) is 6.42 Å². The standard InChI is InChI=1S/C23H28ClNO/c24-22-8-4-3-6-20(22)19-11-13-25(14-12-19)16-17-9-10-18-5-1-2-7-21(18)23(26)15-17/h1-8,17,19,23,26H,9-16H2. The van der Waals surface area contributed by atoms with E-state index in [0.717, 1.165) is 43.1 Å². The van der Waals surface area contributed by atoms with Gasteiger partial charge in [-0.15, -0.1) is 0 Å². The Hall–Kier alpha value is -1.35. The second kappa shape index (κ2) is 8.12. The van der Waals surface area contributed by atoms with Crippen LogP contribution in [0.3, 0.4) is 0 Å². The lowest BCUT2D eigenvalue weighted by Gasteiger charge is -2.35. The number of rotatable bonds is 3. The molecule has 0 radical (unpaired) electrons. The van der Waals surface area contributed by atoms with Crippen molar-refractivity contribution in [1.82, 2.24) is 4.90 Å². The highest BCUT2D eigenvalue weighted by atomic mass is 35.5. The molecule has 1 saturated heterocycles. The first kappa shape index (κ1) is 18.0. The quantitative estimate of drug-likeness (QED) is 0.751. The van der Waals surface area contributed by atoms with Crippen LogP contribution in [0, 0.1) is 5.92 Å². The molecule has 2 aliphatic rings. The number of fused-ring (bicyclic) bond motifs is 1. The molecule has 2 aromatic carbocycles. The van der Waals surface area contributed by atoms with Crippen molar-refractivity contribution >= 4 is 11.6 Å². The van der Waals surface area contributed by atoms with E-state index in [1.807, 2.05) is 18.2 Å². The van der Waals surface area contributed by atoms with E-state index in [0.29, 0.717) is 11.8 Å². The number of nitrogens with zero attached hydrogens (tertiary/aromatic N) is 1. The second-order valence-electron chi connectivity index (χ2n) is 7.95. The molecule has 26 heavy (non-hydrogen) atoms. The number of hydrogen-bond acceptors (Lipinski definition) is 2. The number of piperidine rings is 1. The van der Waals surface area contributed by atoms with Crippen molar-refractivity contribution in [2.45, 2.75) is 44.1 Å². The first-order chi connectivity index (χ1) is 12.7. The van der Waals surface area contributed by atoms with Gasteiger partial charge in [-0.1, -0.05) is 54.1 Å². The van der Waals surface area contributed by atoms with E-state index >= 15 is 0 Å². The Balaban J connectivity index is 1.33. The molecular formula is C23H28ClNO. The number of aliphatic hydroxyl groups excluding tert-OH is 1. The molecule has 1 aliphatic carbocycles. The third kappa shape index (κ3) is 3.98. The minimum Gasteiger partial charge on any atom is -0.388 e. The molecule has 2 unspecified atom stereocenters. The Morgan fingerprint density at radius 3 is 2.38 bits per heavy atom. The van der Waals surface area contributed by atoms with Crippen LogP contribution >= 0.6 is 11.6 Å². The average molecular weight is 370 g/mol. The van der Waals surface area contributed by atoms with Crippen molar-refractivity contribution in [3.05, 3.63) is 70.2 Å². The minimum atomic E-state index is -0.306. The van der Waals surface area contributed by atoms with Gasteiger partial charge in [-0.25, -0.2) is 0 Å². The molecule has 0 saturated carbocycles. The summed E-state index contributed by atoms with van der Waals surface area (Å²) >= 11 is 6.39. The van der Waals surface area contributed by atoms with Gasteiger partial charge in [0, 0.05) is 11.6 Å². The van der Waals surface area contributed by atoms with Gasteiger partial charge in [-0.3, -0.25) is 0 Å². The van der Waals surface area contributed by atoms with E-state index in [1.54, 1.807) is 0 Å². The lowest BCUT2D eigenvalue weighted by Crippen LogP contribution is -2.37. The number of likely N-dealkylation sites (tertiary alicyclic amines) is 1. The van der Waals surface area contributed by atoms with Gasteiger partial charge in [0.05, 0.1) is 6.10 Å². The fourth-order valence-corrected chi connectivity index (χ4v) is 5.06.